The molecule has 0 aliphatic carbocycles. The van der Waals surface area contributed by atoms with E-state index in [9.17, 15) is 9.59 Å². The van der Waals surface area contributed by atoms with Crippen LogP contribution in [-0.4, -0.2) is 35.9 Å². The van der Waals surface area contributed by atoms with Crippen LogP contribution < -0.4 is 10.1 Å². The summed E-state index contributed by atoms with van der Waals surface area (Å²) < 4.78 is 5.16. The molecule has 0 saturated carbocycles. The van der Waals surface area contributed by atoms with Gasteiger partial charge in [0.2, 0.25) is 11.8 Å². The highest BCUT2D eigenvalue weighted by Crippen LogP contribution is 2.17. The monoisotopic (exact) mass is 334 g/mol. The summed E-state index contributed by atoms with van der Waals surface area (Å²) in [6.07, 6.45) is 1.83. The lowest BCUT2D eigenvalue weighted by atomic mass is 10.1. The topological polar surface area (TPSA) is 58.6 Å². The van der Waals surface area contributed by atoms with Crippen molar-refractivity contribution in [2.24, 2.45) is 0 Å². The van der Waals surface area contributed by atoms with Crippen LogP contribution in [0.2, 0.25) is 0 Å². The number of hydrogen-bond donors (Lipinski definition) is 1. The van der Waals surface area contributed by atoms with Crippen molar-refractivity contribution in [1.82, 2.24) is 10.2 Å². The molecule has 0 aliphatic rings. The molecular weight excluding hydrogens is 304 g/mol. The van der Waals surface area contributed by atoms with Crippen molar-refractivity contribution in [3.05, 3.63) is 29.8 Å². The van der Waals surface area contributed by atoms with Crippen LogP contribution in [-0.2, 0) is 16.1 Å². The summed E-state index contributed by atoms with van der Waals surface area (Å²) in [5.41, 5.74) is 0.979. The third kappa shape index (κ3) is 5.55. The molecule has 1 N–H and O–H groups in total. The molecular formula is C19H30N2O3. The zero-order valence-corrected chi connectivity index (χ0v) is 15.5. The van der Waals surface area contributed by atoms with Crippen molar-refractivity contribution in [3.8, 4) is 5.75 Å². The maximum Gasteiger partial charge on any atom is 0.243 e. The van der Waals surface area contributed by atoms with E-state index in [0.29, 0.717) is 19.4 Å². The maximum atomic E-state index is 12.6. The number of benzene rings is 1. The Labute approximate surface area is 145 Å². The van der Waals surface area contributed by atoms with Gasteiger partial charge in [0.1, 0.15) is 11.8 Å². The second-order valence-corrected chi connectivity index (χ2v) is 5.97. The van der Waals surface area contributed by atoms with E-state index >= 15 is 0 Å². The van der Waals surface area contributed by atoms with Crippen LogP contribution >= 0.6 is 0 Å². The van der Waals surface area contributed by atoms with E-state index in [-0.39, 0.29) is 17.9 Å². The fourth-order valence-corrected chi connectivity index (χ4v) is 2.49. The predicted molar refractivity (Wildman–Crippen MR) is 95.8 cm³/mol. The number of methoxy groups -OCH3 is 1. The first-order valence-corrected chi connectivity index (χ1v) is 8.69. The predicted octanol–water partition coefficient (Wildman–Crippen LogP) is 3.13. The minimum absolute atomic E-state index is 0.0167. The standard InChI is InChI=1S/C19H30N2O3/c1-6-14(4)20-19(23)17(7-2)21(18(22)8-3)13-15-9-11-16(24-5)12-10-15/h9-12,14,17H,6-8,13H2,1-5H3,(H,20,23)/t14-,17+/m0/s1. The number of nitrogens with zero attached hydrogens (tertiary/aromatic N) is 1. The minimum atomic E-state index is -0.450. The smallest absolute Gasteiger partial charge is 0.243 e. The molecule has 1 aromatic rings. The lowest BCUT2D eigenvalue weighted by molar-refractivity contribution is -0.141. The Balaban J connectivity index is 2.95. The van der Waals surface area contributed by atoms with Gasteiger partial charge in [0, 0.05) is 19.0 Å². The molecule has 0 spiro atoms. The van der Waals surface area contributed by atoms with Crippen molar-refractivity contribution < 1.29 is 14.3 Å². The average molecular weight is 334 g/mol. The number of rotatable bonds is 9. The summed E-state index contributed by atoms with van der Waals surface area (Å²) in [4.78, 5) is 26.7. The molecule has 2 amide bonds. The molecule has 0 aromatic heterocycles. The van der Waals surface area contributed by atoms with Gasteiger partial charge in [0.15, 0.2) is 0 Å². The van der Waals surface area contributed by atoms with Crippen molar-refractivity contribution in [2.75, 3.05) is 7.11 Å². The van der Waals surface area contributed by atoms with Crippen molar-refractivity contribution in [2.45, 2.75) is 65.6 Å². The Morgan fingerprint density at radius 1 is 1.12 bits per heavy atom. The molecule has 24 heavy (non-hydrogen) atoms. The number of nitrogens with one attached hydrogen (secondary N) is 1. The summed E-state index contributed by atoms with van der Waals surface area (Å²) in [7, 11) is 1.62. The summed E-state index contributed by atoms with van der Waals surface area (Å²) in [6, 6.07) is 7.23. The van der Waals surface area contributed by atoms with Crippen LogP contribution in [0.25, 0.3) is 0 Å². The molecule has 0 unspecified atom stereocenters. The van der Waals surface area contributed by atoms with Crippen LogP contribution in [0.4, 0.5) is 0 Å². The Morgan fingerprint density at radius 2 is 1.75 bits per heavy atom. The Kier molecular flexibility index (Phi) is 8.30. The molecule has 1 aromatic carbocycles. The molecule has 0 aliphatic heterocycles. The van der Waals surface area contributed by atoms with Crippen LogP contribution in [0.3, 0.4) is 0 Å². The lowest BCUT2D eigenvalue weighted by Gasteiger charge is -2.31. The van der Waals surface area contributed by atoms with E-state index in [0.717, 1.165) is 17.7 Å². The molecule has 5 heteroatoms. The first-order chi connectivity index (χ1) is 11.5. The summed E-state index contributed by atoms with van der Waals surface area (Å²) in [5.74, 6) is 0.674. The number of amides is 2. The van der Waals surface area contributed by atoms with Gasteiger partial charge >= 0.3 is 0 Å². The highest BCUT2D eigenvalue weighted by atomic mass is 16.5. The lowest BCUT2D eigenvalue weighted by Crippen LogP contribution is -2.50. The van der Waals surface area contributed by atoms with Crippen LogP contribution in [0.1, 0.15) is 52.5 Å². The van der Waals surface area contributed by atoms with Crippen LogP contribution in [0, 0.1) is 0 Å². The number of carbonyl (C=O) groups excluding carboxylic acids is 2. The normalized spacial score (nSPS) is 13.0. The molecule has 134 valence electrons. The number of ether oxygens (including phenoxy) is 1. The van der Waals surface area contributed by atoms with Gasteiger partial charge < -0.3 is 15.0 Å². The van der Waals surface area contributed by atoms with Crippen LogP contribution in [0.15, 0.2) is 24.3 Å². The van der Waals surface area contributed by atoms with Gasteiger partial charge in [-0.25, -0.2) is 0 Å². The SMILES string of the molecule is CCC(=O)N(Cc1ccc(OC)cc1)[C@H](CC)C(=O)N[C@@H](C)CC. The minimum Gasteiger partial charge on any atom is -0.497 e. The fourth-order valence-electron chi connectivity index (χ4n) is 2.49. The number of hydrogen-bond acceptors (Lipinski definition) is 3. The molecule has 0 saturated heterocycles. The highest BCUT2D eigenvalue weighted by molar-refractivity contribution is 5.87. The summed E-state index contributed by atoms with van der Waals surface area (Å²) in [5, 5.41) is 2.99. The van der Waals surface area contributed by atoms with Gasteiger partial charge in [-0.15, -0.1) is 0 Å². The van der Waals surface area contributed by atoms with Crippen molar-refractivity contribution in [3.63, 3.8) is 0 Å². The van der Waals surface area contributed by atoms with E-state index < -0.39 is 6.04 Å². The van der Waals surface area contributed by atoms with E-state index in [1.807, 2.05) is 52.0 Å². The average Bonchev–Trinajstić information content (AvgIpc) is 2.61. The molecule has 5 nitrogen and oxygen atoms in total. The van der Waals surface area contributed by atoms with Crippen molar-refractivity contribution >= 4 is 11.8 Å². The second-order valence-electron chi connectivity index (χ2n) is 5.97. The van der Waals surface area contributed by atoms with E-state index in [1.165, 1.54) is 0 Å². The summed E-state index contributed by atoms with van der Waals surface area (Å²) in [6.45, 7) is 8.18. The number of carbonyl (C=O) groups is 2. The molecule has 0 fully saturated rings. The fraction of sp³-hybridized carbons (Fsp3) is 0.579. The quantitative estimate of drug-likeness (QED) is 0.755. The Bertz CT molecular complexity index is 528. The zero-order chi connectivity index (χ0) is 18.1. The molecule has 2 atom stereocenters. The zero-order valence-electron chi connectivity index (χ0n) is 15.5. The first-order valence-electron chi connectivity index (χ1n) is 8.69. The van der Waals surface area contributed by atoms with E-state index in [1.54, 1.807) is 12.0 Å². The first kappa shape index (κ1) is 20.0. The van der Waals surface area contributed by atoms with E-state index in [2.05, 4.69) is 5.32 Å². The maximum absolute atomic E-state index is 12.6. The highest BCUT2D eigenvalue weighted by Gasteiger charge is 2.28. The Hall–Kier alpha value is -2.04. The van der Waals surface area contributed by atoms with Gasteiger partial charge in [-0.3, -0.25) is 9.59 Å². The third-order valence-electron chi connectivity index (χ3n) is 4.20. The van der Waals surface area contributed by atoms with Gasteiger partial charge in [0.25, 0.3) is 0 Å². The van der Waals surface area contributed by atoms with Crippen molar-refractivity contribution in [1.29, 1.82) is 0 Å². The van der Waals surface area contributed by atoms with Crippen LogP contribution in [0.5, 0.6) is 5.75 Å². The molecule has 0 radical (unpaired) electrons. The van der Waals surface area contributed by atoms with Gasteiger partial charge in [0.05, 0.1) is 7.11 Å². The second kappa shape index (κ2) is 9.96. The third-order valence-corrected chi connectivity index (χ3v) is 4.20. The largest absolute Gasteiger partial charge is 0.497 e. The molecule has 0 heterocycles. The molecule has 0 bridgehead atoms. The molecule has 1 rings (SSSR count). The Morgan fingerprint density at radius 3 is 2.21 bits per heavy atom. The van der Waals surface area contributed by atoms with Gasteiger partial charge in [-0.05, 0) is 37.5 Å². The van der Waals surface area contributed by atoms with Gasteiger partial charge in [-0.1, -0.05) is 32.9 Å². The van der Waals surface area contributed by atoms with E-state index in [4.69, 9.17) is 4.74 Å². The summed E-state index contributed by atoms with van der Waals surface area (Å²) >= 11 is 0. The van der Waals surface area contributed by atoms with Gasteiger partial charge in [-0.2, -0.15) is 0 Å².